The molecule has 0 saturated carbocycles. The molecule has 0 radical (unpaired) electrons. The van der Waals surface area contributed by atoms with Gasteiger partial charge in [-0.1, -0.05) is 5.21 Å². The minimum absolute atomic E-state index is 0.497. The van der Waals surface area contributed by atoms with Crippen LogP contribution in [0.15, 0.2) is 24.8 Å². The van der Waals surface area contributed by atoms with Gasteiger partial charge < -0.3 is 5.11 Å². The Hall–Kier alpha value is -1.82. The first-order chi connectivity index (χ1) is 7.55. The zero-order valence-electron chi connectivity index (χ0n) is 9.20. The summed E-state index contributed by atoms with van der Waals surface area (Å²) in [4.78, 5) is 8.09. The largest absolute Gasteiger partial charge is 0.384 e. The highest BCUT2D eigenvalue weighted by molar-refractivity contribution is 5.04. The first kappa shape index (κ1) is 10.7. The van der Waals surface area contributed by atoms with Crippen molar-refractivity contribution in [3.05, 3.63) is 36.2 Å². The Labute approximate surface area is 93.0 Å². The second-order valence-electron chi connectivity index (χ2n) is 4.06. The molecular weight excluding hydrogens is 206 g/mol. The number of hydrogen-bond acceptors (Lipinski definition) is 5. The van der Waals surface area contributed by atoms with Crippen LogP contribution >= 0.6 is 0 Å². The SMILES string of the molecule is CC(C)(O)c1cn(Cc2cnccn2)nn1. The highest BCUT2D eigenvalue weighted by atomic mass is 16.3. The lowest BCUT2D eigenvalue weighted by Gasteiger charge is -2.11. The van der Waals surface area contributed by atoms with Gasteiger partial charge in [-0.2, -0.15) is 0 Å². The Morgan fingerprint density at radius 2 is 2.19 bits per heavy atom. The van der Waals surface area contributed by atoms with E-state index in [9.17, 15) is 5.11 Å². The van der Waals surface area contributed by atoms with Crippen LogP contribution in [0.2, 0.25) is 0 Å². The van der Waals surface area contributed by atoms with Crippen molar-refractivity contribution >= 4 is 0 Å². The van der Waals surface area contributed by atoms with Gasteiger partial charge >= 0.3 is 0 Å². The molecule has 0 spiro atoms. The number of nitrogens with zero attached hydrogens (tertiary/aromatic N) is 5. The number of hydrogen-bond donors (Lipinski definition) is 1. The van der Waals surface area contributed by atoms with Crippen molar-refractivity contribution in [2.24, 2.45) is 0 Å². The van der Waals surface area contributed by atoms with Crippen LogP contribution in [-0.2, 0) is 12.1 Å². The maximum atomic E-state index is 9.72. The van der Waals surface area contributed by atoms with E-state index in [1.165, 1.54) is 0 Å². The normalized spacial score (nSPS) is 11.7. The zero-order valence-corrected chi connectivity index (χ0v) is 9.20. The van der Waals surface area contributed by atoms with E-state index in [-0.39, 0.29) is 0 Å². The lowest BCUT2D eigenvalue weighted by Crippen LogP contribution is -2.15. The molecule has 2 aromatic heterocycles. The summed E-state index contributed by atoms with van der Waals surface area (Å²) in [5, 5.41) is 17.5. The summed E-state index contributed by atoms with van der Waals surface area (Å²) in [5.74, 6) is 0. The minimum Gasteiger partial charge on any atom is -0.384 e. The summed E-state index contributed by atoms with van der Waals surface area (Å²) in [6, 6.07) is 0. The molecule has 0 atom stereocenters. The van der Waals surface area contributed by atoms with Gasteiger partial charge in [0.1, 0.15) is 11.3 Å². The highest BCUT2D eigenvalue weighted by Crippen LogP contribution is 2.15. The van der Waals surface area contributed by atoms with Crippen LogP contribution in [0, 0.1) is 0 Å². The van der Waals surface area contributed by atoms with Gasteiger partial charge in [-0.25, -0.2) is 4.68 Å². The van der Waals surface area contributed by atoms with E-state index in [1.54, 1.807) is 43.3 Å². The Bertz CT molecular complexity index is 460. The van der Waals surface area contributed by atoms with Crippen molar-refractivity contribution < 1.29 is 5.11 Å². The molecule has 0 unspecified atom stereocenters. The molecule has 2 rings (SSSR count). The Morgan fingerprint density at radius 1 is 1.38 bits per heavy atom. The quantitative estimate of drug-likeness (QED) is 0.805. The van der Waals surface area contributed by atoms with Crippen molar-refractivity contribution in [3.8, 4) is 0 Å². The lowest BCUT2D eigenvalue weighted by molar-refractivity contribution is 0.0737. The average Bonchev–Trinajstić information content (AvgIpc) is 2.67. The van der Waals surface area contributed by atoms with Gasteiger partial charge in [0.05, 0.1) is 24.6 Å². The lowest BCUT2D eigenvalue weighted by atomic mass is 10.1. The zero-order chi connectivity index (χ0) is 11.6. The summed E-state index contributed by atoms with van der Waals surface area (Å²) in [7, 11) is 0. The van der Waals surface area contributed by atoms with E-state index < -0.39 is 5.60 Å². The average molecular weight is 219 g/mol. The predicted molar refractivity (Wildman–Crippen MR) is 56.4 cm³/mol. The number of aliphatic hydroxyl groups is 1. The fraction of sp³-hybridized carbons (Fsp3) is 0.400. The molecule has 0 amide bonds. The molecule has 0 aliphatic carbocycles. The molecule has 0 fully saturated rings. The maximum Gasteiger partial charge on any atom is 0.114 e. The summed E-state index contributed by atoms with van der Waals surface area (Å²) in [6.45, 7) is 3.84. The third-order valence-corrected chi connectivity index (χ3v) is 2.11. The van der Waals surface area contributed by atoms with Crippen LogP contribution < -0.4 is 0 Å². The van der Waals surface area contributed by atoms with Crippen LogP contribution in [0.25, 0.3) is 0 Å². The highest BCUT2D eigenvalue weighted by Gasteiger charge is 2.19. The molecule has 2 aromatic rings. The summed E-state index contributed by atoms with van der Waals surface area (Å²) < 4.78 is 1.62. The van der Waals surface area contributed by atoms with Crippen LogP contribution in [0.5, 0.6) is 0 Å². The molecule has 0 saturated heterocycles. The molecule has 84 valence electrons. The van der Waals surface area contributed by atoms with Gasteiger partial charge in [0.15, 0.2) is 0 Å². The van der Waals surface area contributed by atoms with Crippen molar-refractivity contribution in [1.29, 1.82) is 0 Å². The molecular formula is C10H13N5O. The minimum atomic E-state index is -0.972. The molecule has 6 nitrogen and oxygen atoms in total. The topological polar surface area (TPSA) is 76.7 Å². The fourth-order valence-corrected chi connectivity index (χ4v) is 1.23. The van der Waals surface area contributed by atoms with Crippen molar-refractivity contribution in [3.63, 3.8) is 0 Å². The van der Waals surface area contributed by atoms with Crippen LogP contribution in [0.4, 0.5) is 0 Å². The van der Waals surface area contributed by atoms with Crippen molar-refractivity contribution in [2.75, 3.05) is 0 Å². The van der Waals surface area contributed by atoms with Gasteiger partial charge in [0.25, 0.3) is 0 Å². The molecule has 0 aromatic carbocycles. The second kappa shape index (κ2) is 3.97. The third-order valence-electron chi connectivity index (χ3n) is 2.11. The molecule has 0 bridgehead atoms. The summed E-state index contributed by atoms with van der Waals surface area (Å²) >= 11 is 0. The Kier molecular flexibility index (Phi) is 2.66. The van der Waals surface area contributed by atoms with E-state index in [2.05, 4.69) is 20.3 Å². The van der Waals surface area contributed by atoms with E-state index >= 15 is 0 Å². The van der Waals surface area contributed by atoms with E-state index in [1.807, 2.05) is 0 Å². The smallest absolute Gasteiger partial charge is 0.114 e. The number of rotatable bonds is 3. The predicted octanol–water partition coefficient (Wildman–Crippen LogP) is 0.344. The maximum absolute atomic E-state index is 9.72. The number of aromatic nitrogens is 5. The van der Waals surface area contributed by atoms with E-state index in [0.29, 0.717) is 12.2 Å². The Balaban J connectivity index is 2.15. The molecule has 6 heteroatoms. The van der Waals surface area contributed by atoms with Gasteiger partial charge in [-0.05, 0) is 13.8 Å². The van der Waals surface area contributed by atoms with E-state index in [0.717, 1.165) is 5.69 Å². The first-order valence-corrected chi connectivity index (χ1v) is 4.93. The van der Waals surface area contributed by atoms with Crippen LogP contribution in [-0.4, -0.2) is 30.1 Å². The summed E-state index contributed by atoms with van der Waals surface area (Å²) in [5.41, 5.74) is 0.367. The summed E-state index contributed by atoms with van der Waals surface area (Å²) in [6.07, 6.45) is 6.62. The second-order valence-corrected chi connectivity index (χ2v) is 4.06. The molecule has 1 N–H and O–H groups in total. The standard InChI is InChI=1S/C10H13N5O/c1-10(2,16)9-7-15(14-13-9)6-8-5-11-3-4-12-8/h3-5,7,16H,6H2,1-2H3. The van der Waals surface area contributed by atoms with E-state index in [4.69, 9.17) is 0 Å². The fourth-order valence-electron chi connectivity index (χ4n) is 1.23. The van der Waals surface area contributed by atoms with Crippen molar-refractivity contribution in [1.82, 2.24) is 25.0 Å². The molecule has 0 aliphatic heterocycles. The monoisotopic (exact) mass is 219 g/mol. The third kappa shape index (κ3) is 2.40. The Morgan fingerprint density at radius 3 is 2.75 bits per heavy atom. The van der Waals surface area contributed by atoms with Crippen LogP contribution in [0.1, 0.15) is 25.2 Å². The van der Waals surface area contributed by atoms with Gasteiger partial charge in [0.2, 0.25) is 0 Å². The van der Waals surface area contributed by atoms with Gasteiger partial charge in [-0.3, -0.25) is 9.97 Å². The molecule has 16 heavy (non-hydrogen) atoms. The first-order valence-electron chi connectivity index (χ1n) is 4.93. The molecule has 2 heterocycles. The van der Waals surface area contributed by atoms with Crippen molar-refractivity contribution in [2.45, 2.75) is 26.0 Å². The van der Waals surface area contributed by atoms with Crippen LogP contribution in [0.3, 0.4) is 0 Å². The molecule has 0 aliphatic rings. The van der Waals surface area contributed by atoms with Gasteiger partial charge in [-0.15, -0.1) is 5.10 Å². The van der Waals surface area contributed by atoms with Gasteiger partial charge in [0, 0.05) is 12.4 Å².